The van der Waals surface area contributed by atoms with Crippen LogP contribution in [0.2, 0.25) is 5.02 Å². The molecular formula is C10H12ClN3O. The summed E-state index contributed by atoms with van der Waals surface area (Å²) >= 11 is 5.83. The third-order valence-electron chi connectivity index (χ3n) is 1.93. The van der Waals surface area contributed by atoms with Crippen molar-refractivity contribution in [3.8, 4) is 0 Å². The monoisotopic (exact) mass is 225 g/mol. The highest BCUT2D eigenvalue weighted by Crippen LogP contribution is 2.22. The standard InChI is InChI=1S/C10H12ClN3O/c1-6(12)5-13-10-14-8-3-2-7(11)4-9(8)15-10/h2-4,6H,5,12H2,1H3,(H,13,14). The molecule has 4 nitrogen and oxygen atoms in total. The normalized spacial score (nSPS) is 13.0. The zero-order chi connectivity index (χ0) is 10.8. The van der Waals surface area contributed by atoms with E-state index in [1.54, 1.807) is 12.1 Å². The molecule has 0 radical (unpaired) electrons. The Morgan fingerprint density at radius 1 is 1.60 bits per heavy atom. The van der Waals surface area contributed by atoms with Crippen molar-refractivity contribution in [1.82, 2.24) is 4.98 Å². The van der Waals surface area contributed by atoms with E-state index in [0.717, 1.165) is 5.52 Å². The van der Waals surface area contributed by atoms with E-state index in [4.69, 9.17) is 21.8 Å². The number of hydrogen-bond donors (Lipinski definition) is 2. The van der Waals surface area contributed by atoms with E-state index in [9.17, 15) is 0 Å². The zero-order valence-electron chi connectivity index (χ0n) is 8.33. The number of nitrogens with two attached hydrogens (primary N) is 1. The summed E-state index contributed by atoms with van der Waals surface area (Å²) in [6, 6.07) is 5.87. The van der Waals surface area contributed by atoms with Crippen molar-refractivity contribution >= 4 is 28.7 Å². The first-order valence-corrected chi connectivity index (χ1v) is 5.08. The molecule has 0 aliphatic carbocycles. The second-order valence-corrected chi connectivity index (χ2v) is 3.93. The second-order valence-electron chi connectivity index (χ2n) is 3.49. The van der Waals surface area contributed by atoms with Crippen LogP contribution in [0.4, 0.5) is 6.01 Å². The van der Waals surface area contributed by atoms with Crippen molar-refractivity contribution in [3.63, 3.8) is 0 Å². The molecule has 1 aromatic carbocycles. The molecule has 0 spiro atoms. The van der Waals surface area contributed by atoms with E-state index >= 15 is 0 Å². The molecule has 1 atom stereocenters. The van der Waals surface area contributed by atoms with Crippen LogP contribution in [0, 0.1) is 0 Å². The van der Waals surface area contributed by atoms with Gasteiger partial charge in [-0.25, -0.2) is 0 Å². The minimum absolute atomic E-state index is 0.0589. The summed E-state index contributed by atoms with van der Waals surface area (Å²) in [6.45, 7) is 2.53. The van der Waals surface area contributed by atoms with Gasteiger partial charge in [-0.15, -0.1) is 0 Å². The molecule has 5 heteroatoms. The van der Waals surface area contributed by atoms with Gasteiger partial charge in [0.1, 0.15) is 5.52 Å². The Kier molecular flexibility index (Phi) is 2.79. The number of aromatic nitrogens is 1. The predicted molar refractivity (Wildman–Crippen MR) is 61.2 cm³/mol. The minimum Gasteiger partial charge on any atom is -0.424 e. The molecule has 0 saturated carbocycles. The molecule has 15 heavy (non-hydrogen) atoms. The van der Waals surface area contributed by atoms with E-state index in [1.165, 1.54) is 0 Å². The molecular weight excluding hydrogens is 214 g/mol. The van der Waals surface area contributed by atoms with Gasteiger partial charge < -0.3 is 15.5 Å². The van der Waals surface area contributed by atoms with Gasteiger partial charge in [-0.1, -0.05) is 11.6 Å². The van der Waals surface area contributed by atoms with Crippen LogP contribution in [0.3, 0.4) is 0 Å². The third-order valence-corrected chi connectivity index (χ3v) is 2.16. The maximum Gasteiger partial charge on any atom is 0.295 e. The molecule has 0 amide bonds. The number of nitrogens with zero attached hydrogens (tertiary/aromatic N) is 1. The summed E-state index contributed by atoms with van der Waals surface area (Å²) in [4.78, 5) is 4.23. The number of fused-ring (bicyclic) bond motifs is 1. The molecule has 1 unspecified atom stereocenters. The van der Waals surface area contributed by atoms with E-state index in [1.807, 2.05) is 13.0 Å². The number of benzene rings is 1. The van der Waals surface area contributed by atoms with Crippen LogP contribution in [0.15, 0.2) is 22.6 Å². The van der Waals surface area contributed by atoms with Crippen LogP contribution >= 0.6 is 11.6 Å². The lowest BCUT2D eigenvalue weighted by molar-refractivity contribution is 0.608. The van der Waals surface area contributed by atoms with Crippen LogP contribution in [-0.2, 0) is 0 Å². The van der Waals surface area contributed by atoms with E-state index in [0.29, 0.717) is 23.2 Å². The van der Waals surface area contributed by atoms with Crippen molar-refractivity contribution in [2.45, 2.75) is 13.0 Å². The van der Waals surface area contributed by atoms with Gasteiger partial charge >= 0.3 is 0 Å². The maximum absolute atomic E-state index is 5.83. The Balaban J connectivity index is 2.23. The van der Waals surface area contributed by atoms with Crippen LogP contribution in [-0.4, -0.2) is 17.6 Å². The number of halogens is 1. The average Bonchev–Trinajstić information content (AvgIpc) is 2.56. The van der Waals surface area contributed by atoms with Crippen molar-refractivity contribution in [2.24, 2.45) is 5.73 Å². The fourth-order valence-electron chi connectivity index (χ4n) is 1.22. The van der Waals surface area contributed by atoms with E-state index < -0.39 is 0 Å². The van der Waals surface area contributed by atoms with Crippen molar-refractivity contribution < 1.29 is 4.42 Å². The van der Waals surface area contributed by atoms with Gasteiger partial charge in [0.2, 0.25) is 0 Å². The van der Waals surface area contributed by atoms with Crippen LogP contribution in [0.1, 0.15) is 6.92 Å². The molecule has 80 valence electrons. The van der Waals surface area contributed by atoms with Crippen molar-refractivity contribution in [3.05, 3.63) is 23.2 Å². The Morgan fingerprint density at radius 2 is 2.40 bits per heavy atom. The fraction of sp³-hybridized carbons (Fsp3) is 0.300. The summed E-state index contributed by atoms with van der Waals surface area (Å²) < 4.78 is 5.44. The number of oxazole rings is 1. The van der Waals surface area contributed by atoms with Gasteiger partial charge in [-0.2, -0.15) is 4.98 Å². The van der Waals surface area contributed by atoms with Gasteiger partial charge in [0, 0.05) is 23.7 Å². The Morgan fingerprint density at radius 3 is 3.13 bits per heavy atom. The number of nitrogens with one attached hydrogen (secondary N) is 1. The number of anilines is 1. The number of hydrogen-bond acceptors (Lipinski definition) is 4. The summed E-state index contributed by atoms with van der Waals surface area (Å²) in [5.41, 5.74) is 7.07. The van der Waals surface area contributed by atoms with Crippen molar-refractivity contribution in [2.75, 3.05) is 11.9 Å². The molecule has 0 aliphatic rings. The van der Waals surface area contributed by atoms with Crippen LogP contribution < -0.4 is 11.1 Å². The quantitative estimate of drug-likeness (QED) is 0.841. The first-order valence-electron chi connectivity index (χ1n) is 4.70. The lowest BCUT2D eigenvalue weighted by atomic mass is 10.3. The van der Waals surface area contributed by atoms with Gasteiger partial charge in [0.25, 0.3) is 6.01 Å². The van der Waals surface area contributed by atoms with Crippen LogP contribution in [0.5, 0.6) is 0 Å². The summed E-state index contributed by atoms with van der Waals surface area (Å²) in [6.07, 6.45) is 0. The maximum atomic E-state index is 5.83. The highest BCUT2D eigenvalue weighted by molar-refractivity contribution is 6.31. The second kappa shape index (κ2) is 4.08. The third kappa shape index (κ3) is 2.40. The Labute approximate surface area is 92.4 Å². The molecule has 2 rings (SSSR count). The van der Waals surface area contributed by atoms with Crippen LogP contribution in [0.25, 0.3) is 11.1 Å². The fourth-order valence-corrected chi connectivity index (χ4v) is 1.38. The van der Waals surface area contributed by atoms with E-state index in [-0.39, 0.29) is 6.04 Å². The lowest BCUT2D eigenvalue weighted by Crippen LogP contribution is -2.25. The first kappa shape index (κ1) is 10.3. The average molecular weight is 226 g/mol. The van der Waals surface area contributed by atoms with Crippen molar-refractivity contribution in [1.29, 1.82) is 0 Å². The topological polar surface area (TPSA) is 64.1 Å². The summed E-state index contributed by atoms with van der Waals surface area (Å²) in [5.74, 6) is 0. The first-order chi connectivity index (χ1) is 7.15. The Bertz CT molecular complexity index is 467. The highest BCUT2D eigenvalue weighted by atomic mass is 35.5. The summed E-state index contributed by atoms with van der Waals surface area (Å²) in [7, 11) is 0. The largest absolute Gasteiger partial charge is 0.424 e. The molecule has 0 saturated heterocycles. The minimum atomic E-state index is 0.0589. The summed E-state index contributed by atoms with van der Waals surface area (Å²) in [5, 5.41) is 3.64. The van der Waals surface area contributed by atoms with Gasteiger partial charge in [-0.05, 0) is 19.1 Å². The van der Waals surface area contributed by atoms with Gasteiger partial charge in [-0.3, -0.25) is 0 Å². The zero-order valence-corrected chi connectivity index (χ0v) is 9.08. The number of rotatable bonds is 3. The molecule has 1 heterocycles. The highest BCUT2D eigenvalue weighted by Gasteiger charge is 2.05. The lowest BCUT2D eigenvalue weighted by Gasteiger charge is -2.03. The van der Waals surface area contributed by atoms with E-state index in [2.05, 4.69) is 10.3 Å². The molecule has 1 aromatic heterocycles. The van der Waals surface area contributed by atoms with Gasteiger partial charge in [0.15, 0.2) is 5.58 Å². The Hall–Kier alpha value is -1.26. The molecule has 3 N–H and O–H groups in total. The smallest absolute Gasteiger partial charge is 0.295 e. The molecule has 0 aliphatic heterocycles. The molecule has 0 fully saturated rings. The molecule has 2 aromatic rings. The van der Waals surface area contributed by atoms with Gasteiger partial charge in [0.05, 0.1) is 0 Å². The SMILES string of the molecule is CC(N)CNc1nc2ccc(Cl)cc2o1. The molecule has 0 bridgehead atoms. The predicted octanol–water partition coefficient (Wildman–Crippen LogP) is 2.24.